The Morgan fingerprint density at radius 1 is 0.680 bits per heavy atom. The molecule has 0 N–H and O–H groups in total. The predicted molar refractivity (Wildman–Crippen MR) is 101 cm³/mol. The first-order valence-corrected chi connectivity index (χ1v) is 8.27. The summed E-state index contributed by atoms with van der Waals surface area (Å²) in [6.45, 7) is 0. The van der Waals surface area contributed by atoms with Crippen LogP contribution in [0.25, 0.3) is 38.8 Å². The number of aromatic nitrogens is 3. The van der Waals surface area contributed by atoms with Gasteiger partial charge in [0.15, 0.2) is 5.65 Å². The third-order valence-electron chi connectivity index (χ3n) is 4.50. The fourth-order valence-corrected chi connectivity index (χ4v) is 3.20. The molecule has 118 valence electrons. The molecule has 0 aliphatic rings. The molecule has 0 bridgehead atoms. The maximum absolute atomic E-state index is 4.89. The van der Waals surface area contributed by atoms with Gasteiger partial charge in [0.1, 0.15) is 0 Å². The zero-order valence-electron chi connectivity index (χ0n) is 13.5. The lowest BCUT2D eigenvalue weighted by molar-refractivity contribution is 0.941. The van der Waals surface area contributed by atoms with Gasteiger partial charge in [-0.1, -0.05) is 66.7 Å². The molecule has 2 aromatic heterocycles. The van der Waals surface area contributed by atoms with E-state index in [1.165, 1.54) is 10.8 Å². The Balaban J connectivity index is 1.68. The van der Waals surface area contributed by atoms with Crippen molar-refractivity contribution in [2.45, 2.75) is 0 Å². The molecular weight excluding hydrogens is 306 g/mol. The van der Waals surface area contributed by atoms with E-state index in [0.29, 0.717) is 0 Å². The normalized spacial score (nSPS) is 11.2. The standard InChI is InChI=1S/C22H15N3/c1-2-7-17(8-3-1)20-15-23-25-13-12-21(24-22(20)25)19-11-10-16-6-4-5-9-18(16)14-19/h1-15H. The molecule has 3 nitrogen and oxygen atoms in total. The van der Waals surface area contributed by atoms with Crippen molar-refractivity contribution in [3.8, 4) is 22.4 Å². The first kappa shape index (κ1) is 13.9. The second-order valence-corrected chi connectivity index (χ2v) is 6.07. The highest BCUT2D eigenvalue weighted by Gasteiger charge is 2.09. The molecule has 0 saturated heterocycles. The minimum atomic E-state index is 0.872. The number of nitrogens with zero attached hydrogens (tertiary/aromatic N) is 3. The fraction of sp³-hybridized carbons (Fsp3) is 0. The molecule has 0 aliphatic carbocycles. The van der Waals surface area contributed by atoms with E-state index in [1.807, 2.05) is 41.2 Å². The van der Waals surface area contributed by atoms with Crippen molar-refractivity contribution in [2.24, 2.45) is 0 Å². The average Bonchev–Trinajstić information content (AvgIpc) is 3.11. The Morgan fingerprint density at radius 2 is 1.48 bits per heavy atom. The van der Waals surface area contributed by atoms with E-state index < -0.39 is 0 Å². The monoisotopic (exact) mass is 321 g/mol. The van der Waals surface area contributed by atoms with Crippen LogP contribution in [0.1, 0.15) is 0 Å². The predicted octanol–water partition coefficient (Wildman–Crippen LogP) is 5.22. The zero-order valence-corrected chi connectivity index (χ0v) is 13.5. The van der Waals surface area contributed by atoms with E-state index in [4.69, 9.17) is 4.98 Å². The van der Waals surface area contributed by atoms with Gasteiger partial charge < -0.3 is 0 Å². The molecule has 0 unspecified atom stereocenters. The molecule has 0 saturated carbocycles. The second-order valence-electron chi connectivity index (χ2n) is 6.07. The van der Waals surface area contributed by atoms with Gasteiger partial charge >= 0.3 is 0 Å². The highest BCUT2D eigenvalue weighted by atomic mass is 15.2. The van der Waals surface area contributed by atoms with Gasteiger partial charge in [-0.15, -0.1) is 0 Å². The van der Waals surface area contributed by atoms with Crippen molar-refractivity contribution in [1.29, 1.82) is 0 Å². The second kappa shape index (κ2) is 5.56. The number of fused-ring (bicyclic) bond motifs is 2. The van der Waals surface area contributed by atoms with Crippen LogP contribution in [0.2, 0.25) is 0 Å². The number of benzene rings is 3. The van der Waals surface area contributed by atoms with Crippen LogP contribution in [-0.4, -0.2) is 14.6 Å². The van der Waals surface area contributed by atoms with E-state index in [2.05, 4.69) is 59.7 Å². The number of hydrogen-bond donors (Lipinski definition) is 0. The van der Waals surface area contributed by atoms with E-state index in [9.17, 15) is 0 Å². The van der Waals surface area contributed by atoms with Crippen molar-refractivity contribution in [3.63, 3.8) is 0 Å². The van der Waals surface area contributed by atoms with Crippen molar-refractivity contribution < 1.29 is 0 Å². The summed E-state index contributed by atoms with van der Waals surface area (Å²) in [5.74, 6) is 0. The summed E-state index contributed by atoms with van der Waals surface area (Å²) in [5, 5.41) is 6.89. The molecule has 0 aliphatic heterocycles. The fourth-order valence-electron chi connectivity index (χ4n) is 3.20. The SMILES string of the molecule is c1ccc(-c2cnn3ccc(-c4ccc5ccccc5c4)nc23)cc1. The van der Waals surface area contributed by atoms with Crippen LogP contribution < -0.4 is 0 Å². The third-order valence-corrected chi connectivity index (χ3v) is 4.50. The lowest BCUT2D eigenvalue weighted by Gasteiger charge is -2.05. The van der Waals surface area contributed by atoms with Gasteiger partial charge in [-0.25, -0.2) is 9.50 Å². The van der Waals surface area contributed by atoms with Crippen molar-refractivity contribution >= 4 is 16.4 Å². The lowest BCUT2D eigenvalue weighted by atomic mass is 10.0. The Labute approximate surface area is 145 Å². The van der Waals surface area contributed by atoms with Crippen LogP contribution >= 0.6 is 0 Å². The number of hydrogen-bond acceptors (Lipinski definition) is 2. The first-order valence-electron chi connectivity index (χ1n) is 8.27. The van der Waals surface area contributed by atoms with Crippen LogP contribution in [0, 0.1) is 0 Å². The lowest BCUT2D eigenvalue weighted by Crippen LogP contribution is -1.92. The quantitative estimate of drug-likeness (QED) is 0.446. The van der Waals surface area contributed by atoms with Gasteiger partial charge in [0.25, 0.3) is 0 Å². The Bertz CT molecular complexity index is 1190. The number of rotatable bonds is 2. The highest BCUT2D eigenvalue weighted by molar-refractivity contribution is 5.87. The Kier molecular flexibility index (Phi) is 3.10. The molecule has 5 aromatic rings. The van der Waals surface area contributed by atoms with Crippen molar-refractivity contribution in [1.82, 2.24) is 14.6 Å². The van der Waals surface area contributed by atoms with Gasteiger partial charge in [0.2, 0.25) is 0 Å². The summed E-state index contributed by atoms with van der Waals surface area (Å²) in [6.07, 6.45) is 3.85. The third kappa shape index (κ3) is 2.37. The molecule has 3 heteroatoms. The maximum Gasteiger partial charge on any atom is 0.163 e. The van der Waals surface area contributed by atoms with E-state index in [1.54, 1.807) is 0 Å². The molecule has 5 rings (SSSR count). The van der Waals surface area contributed by atoms with E-state index in [-0.39, 0.29) is 0 Å². The summed E-state index contributed by atoms with van der Waals surface area (Å²) in [6, 6.07) is 27.1. The first-order chi connectivity index (χ1) is 12.4. The van der Waals surface area contributed by atoms with Gasteiger partial charge in [0.05, 0.1) is 11.9 Å². The molecule has 0 fully saturated rings. The summed E-state index contributed by atoms with van der Waals surface area (Å²) in [4.78, 5) is 4.89. The van der Waals surface area contributed by atoms with Crippen molar-refractivity contribution in [2.75, 3.05) is 0 Å². The van der Waals surface area contributed by atoms with Crippen LogP contribution in [0.3, 0.4) is 0 Å². The van der Waals surface area contributed by atoms with Gasteiger partial charge in [0, 0.05) is 17.3 Å². The molecule has 25 heavy (non-hydrogen) atoms. The summed E-state index contributed by atoms with van der Waals surface area (Å²) in [5.41, 5.74) is 5.11. The summed E-state index contributed by atoms with van der Waals surface area (Å²) < 4.78 is 1.83. The average molecular weight is 321 g/mol. The molecule has 0 spiro atoms. The summed E-state index contributed by atoms with van der Waals surface area (Å²) in [7, 11) is 0. The summed E-state index contributed by atoms with van der Waals surface area (Å²) >= 11 is 0. The highest BCUT2D eigenvalue weighted by Crippen LogP contribution is 2.27. The van der Waals surface area contributed by atoms with Crippen LogP contribution in [0.15, 0.2) is 91.3 Å². The van der Waals surface area contributed by atoms with Gasteiger partial charge in [-0.2, -0.15) is 5.10 Å². The van der Waals surface area contributed by atoms with Crippen LogP contribution in [0.4, 0.5) is 0 Å². The topological polar surface area (TPSA) is 30.2 Å². The minimum absolute atomic E-state index is 0.872. The largest absolute Gasteiger partial charge is 0.228 e. The maximum atomic E-state index is 4.89. The molecule has 0 atom stereocenters. The minimum Gasteiger partial charge on any atom is -0.228 e. The van der Waals surface area contributed by atoms with E-state index in [0.717, 1.165) is 28.0 Å². The van der Waals surface area contributed by atoms with Crippen LogP contribution in [-0.2, 0) is 0 Å². The Morgan fingerprint density at radius 3 is 2.36 bits per heavy atom. The van der Waals surface area contributed by atoms with E-state index >= 15 is 0 Å². The molecular formula is C22H15N3. The molecule has 2 heterocycles. The molecule has 0 radical (unpaired) electrons. The van der Waals surface area contributed by atoms with Gasteiger partial charge in [-0.3, -0.25) is 0 Å². The van der Waals surface area contributed by atoms with Gasteiger partial charge in [-0.05, 0) is 28.5 Å². The zero-order chi connectivity index (χ0) is 16.6. The van der Waals surface area contributed by atoms with Crippen LogP contribution in [0.5, 0.6) is 0 Å². The molecule has 0 amide bonds. The smallest absolute Gasteiger partial charge is 0.163 e. The molecule has 3 aromatic carbocycles. The Hall–Kier alpha value is -3.46. The van der Waals surface area contributed by atoms with Crippen molar-refractivity contribution in [3.05, 3.63) is 91.3 Å².